The summed E-state index contributed by atoms with van der Waals surface area (Å²) in [5, 5.41) is 7.84. The SMILES string of the molecule is CCCNc1cc(NC2CCCCCCC2)nc(SC)n1. The van der Waals surface area contributed by atoms with Gasteiger partial charge in [-0.3, -0.25) is 0 Å². The maximum Gasteiger partial charge on any atom is 0.191 e. The molecule has 5 heteroatoms. The van der Waals surface area contributed by atoms with Crippen LogP contribution in [-0.2, 0) is 0 Å². The van der Waals surface area contributed by atoms with E-state index >= 15 is 0 Å². The Kier molecular flexibility index (Phi) is 7.13. The van der Waals surface area contributed by atoms with Gasteiger partial charge in [0.15, 0.2) is 5.16 Å². The summed E-state index contributed by atoms with van der Waals surface area (Å²) in [5.41, 5.74) is 0. The van der Waals surface area contributed by atoms with E-state index in [1.54, 1.807) is 11.8 Å². The van der Waals surface area contributed by atoms with Gasteiger partial charge in [0.05, 0.1) is 0 Å². The molecule has 1 heterocycles. The van der Waals surface area contributed by atoms with Crippen molar-refractivity contribution in [3.05, 3.63) is 6.07 Å². The lowest BCUT2D eigenvalue weighted by Crippen LogP contribution is -2.21. The van der Waals surface area contributed by atoms with Gasteiger partial charge < -0.3 is 10.6 Å². The zero-order valence-corrected chi connectivity index (χ0v) is 14.1. The largest absolute Gasteiger partial charge is 0.370 e. The van der Waals surface area contributed by atoms with Crippen LogP contribution >= 0.6 is 11.8 Å². The summed E-state index contributed by atoms with van der Waals surface area (Å²) in [7, 11) is 0. The quantitative estimate of drug-likeness (QED) is 0.596. The predicted molar refractivity (Wildman–Crippen MR) is 92.3 cm³/mol. The number of thioether (sulfide) groups is 1. The fraction of sp³-hybridized carbons (Fsp3) is 0.750. The molecule has 0 radical (unpaired) electrons. The molecular formula is C16H28N4S. The lowest BCUT2D eigenvalue weighted by molar-refractivity contribution is 0.470. The molecule has 2 N–H and O–H groups in total. The van der Waals surface area contributed by atoms with Crippen molar-refractivity contribution in [2.75, 3.05) is 23.4 Å². The van der Waals surface area contributed by atoms with Crippen molar-refractivity contribution in [1.82, 2.24) is 9.97 Å². The highest BCUT2D eigenvalue weighted by atomic mass is 32.2. The topological polar surface area (TPSA) is 49.8 Å². The van der Waals surface area contributed by atoms with Crippen molar-refractivity contribution < 1.29 is 0 Å². The molecule has 0 spiro atoms. The molecule has 0 atom stereocenters. The van der Waals surface area contributed by atoms with Crippen LogP contribution in [-0.4, -0.2) is 28.8 Å². The Morgan fingerprint density at radius 2 is 1.76 bits per heavy atom. The van der Waals surface area contributed by atoms with E-state index in [9.17, 15) is 0 Å². The van der Waals surface area contributed by atoms with Crippen molar-refractivity contribution in [3.63, 3.8) is 0 Å². The van der Waals surface area contributed by atoms with Gasteiger partial charge in [-0.25, -0.2) is 9.97 Å². The zero-order chi connectivity index (χ0) is 14.9. The van der Waals surface area contributed by atoms with Crippen molar-refractivity contribution in [2.45, 2.75) is 69.5 Å². The first-order valence-electron chi connectivity index (χ1n) is 8.25. The van der Waals surface area contributed by atoms with E-state index in [-0.39, 0.29) is 0 Å². The second kappa shape index (κ2) is 9.13. The van der Waals surface area contributed by atoms with E-state index < -0.39 is 0 Å². The average Bonchev–Trinajstić information content (AvgIpc) is 2.47. The molecule has 0 saturated heterocycles. The first kappa shape index (κ1) is 16.4. The van der Waals surface area contributed by atoms with Crippen LogP contribution in [0.5, 0.6) is 0 Å². The summed E-state index contributed by atoms with van der Waals surface area (Å²) < 4.78 is 0. The van der Waals surface area contributed by atoms with Gasteiger partial charge in [-0.15, -0.1) is 0 Å². The van der Waals surface area contributed by atoms with E-state index in [2.05, 4.69) is 27.5 Å². The number of nitrogens with zero attached hydrogens (tertiary/aromatic N) is 2. The summed E-state index contributed by atoms with van der Waals surface area (Å²) in [4.78, 5) is 9.13. The number of hydrogen-bond donors (Lipinski definition) is 2. The summed E-state index contributed by atoms with van der Waals surface area (Å²) in [6.07, 6.45) is 12.5. The maximum absolute atomic E-state index is 4.61. The third-order valence-electron chi connectivity index (χ3n) is 3.90. The molecule has 1 saturated carbocycles. The molecule has 118 valence electrons. The van der Waals surface area contributed by atoms with Crippen molar-refractivity contribution in [1.29, 1.82) is 0 Å². The standard InChI is InChI=1S/C16H28N4S/c1-3-11-17-14-12-15(20-16(19-14)21-2)18-13-9-7-5-4-6-8-10-13/h12-13H,3-11H2,1-2H3,(H2,17,18,19,20). The molecule has 0 unspecified atom stereocenters. The Morgan fingerprint density at radius 3 is 2.43 bits per heavy atom. The molecule has 1 aliphatic carbocycles. The molecule has 1 aliphatic rings. The van der Waals surface area contributed by atoms with Gasteiger partial charge in [0.25, 0.3) is 0 Å². The number of aromatic nitrogens is 2. The van der Waals surface area contributed by atoms with Crippen LogP contribution in [0.25, 0.3) is 0 Å². The Morgan fingerprint density at radius 1 is 1.10 bits per heavy atom. The number of hydrogen-bond acceptors (Lipinski definition) is 5. The Balaban J connectivity index is 2.02. The third kappa shape index (κ3) is 5.73. The van der Waals surface area contributed by atoms with Gasteiger partial charge in [0, 0.05) is 18.7 Å². The molecule has 2 rings (SSSR count). The molecule has 4 nitrogen and oxygen atoms in total. The van der Waals surface area contributed by atoms with Crippen LogP contribution in [0.1, 0.15) is 58.3 Å². The van der Waals surface area contributed by atoms with Crippen molar-refractivity contribution >= 4 is 23.4 Å². The average molecular weight is 308 g/mol. The minimum absolute atomic E-state index is 0.564. The Labute approximate surface area is 132 Å². The van der Waals surface area contributed by atoms with E-state index in [4.69, 9.17) is 0 Å². The third-order valence-corrected chi connectivity index (χ3v) is 4.45. The number of nitrogens with one attached hydrogen (secondary N) is 2. The van der Waals surface area contributed by atoms with Gasteiger partial charge in [-0.2, -0.15) is 0 Å². The second-order valence-electron chi connectivity index (χ2n) is 5.74. The zero-order valence-electron chi connectivity index (χ0n) is 13.3. The molecule has 0 amide bonds. The van der Waals surface area contributed by atoms with Crippen molar-refractivity contribution in [3.8, 4) is 0 Å². The predicted octanol–water partition coefficient (Wildman–Crippen LogP) is 4.55. The molecular weight excluding hydrogens is 280 g/mol. The molecule has 1 fully saturated rings. The molecule has 1 aromatic heterocycles. The molecule has 21 heavy (non-hydrogen) atoms. The summed E-state index contributed by atoms with van der Waals surface area (Å²) >= 11 is 1.60. The van der Waals surface area contributed by atoms with Gasteiger partial charge >= 0.3 is 0 Å². The smallest absolute Gasteiger partial charge is 0.191 e. The fourth-order valence-electron chi connectivity index (χ4n) is 2.74. The molecule has 0 aromatic carbocycles. The molecule has 0 aliphatic heterocycles. The minimum atomic E-state index is 0.564. The van der Waals surface area contributed by atoms with Crippen LogP contribution in [0.15, 0.2) is 11.2 Å². The van der Waals surface area contributed by atoms with Crippen LogP contribution < -0.4 is 10.6 Å². The lowest BCUT2D eigenvalue weighted by atomic mass is 9.97. The molecule has 1 aromatic rings. The van der Waals surface area contributed by atoms with Gasteiger partial charge in [0.1, 0.15) is 11.6 Å². The maximum atomic E-state index is 4.61. The van der Waals surface area contributed by atoms with E-state index in [0.717, 1.165) is 29.8 Å². The van der Waals surface area contributed by atoms with E-state index in [0.29, 0.717) is 6.04 Å². The van der Waals surface area contributed by atoms with Gasteiger partial charge in [0.2, 0.25) is 0 Å². The Hall–Kier alpha value is -0.970. The summed E-state index contributed by atoms with van der Waals surface area (Å²) in [6.45, 7) is 3.12. The molecule has 0 bridgehead atoms. The monoisotopic (exact) mass is 308 g/mol. The van der Waals surface area contributed by atoms with Crippen LogP contribution in [0, 0.1) is 0 Å². The van der Waals surface area contributed by atoms with Crippen LogP contribution in [0.3, 0.4) is 0 Å². The fourth-order valence-corrected chi connectivity index (χ4v) is 3.12. The number of rotatable bonds is 6. The highest BCUT2D eigenvalue weighted by molar-refractivity contribution is 7.98. The van der Waals surface area contributed by atoms with E-state index in [1.807, 2.05) is 12.3 Å². The van der Waals surface area contributed by atoms with Crippen LogP contribution in [0.2, 0.25) is 0 Å². The summed E-state index contributed by atoms with van der Waals surface area (Å²) in [5.74, 6) is 1.91. The first-order valence-corrected chi connectivity index (χ1v) is 9.47. The normalized spacial score (nSPS) is 17.0. The van der Waals surface area contributed by atoms with E-state index in [1.165, 1.54) is 44.9 Å². The first-order chi connectivity index (χ1) is 10.3. The summed E-state index contributed by atoms with van der Waals surface area (Å²) in [6, 6.07) is 2.61. The van der Waals surface area contributed by atoms with Crippen molar-refractivity contribution in [2.24, 2.45) is 0 Å². The highest BCUT2D eigenvalue weighted by Gasteiger charge is 2.13. The van der Waals surface area contributed by atoms with Crippen LogP contribution in [0.4, 0.5) is 11.6 Å². The second-order valence-corrected chi connectivity index (χ2v) is 6.51. The number of anilines is 2. The Bertz CT molecular complexity index is 417. The lowest BCUT2D eigenvalue weighted by Gasteiger charge is -2.22. The minimum Gasteiger partial charge on any atom is -0.370 e. The highest BCUT2D eigenvalue weighted by Crippen LogP contribution is 2.22. The van der Waals surface area contributed by atoms with Gasteiger partial charge in [-0.05, 0) is 25.5 Å². The van der Waals surface area contributed by atoms with Gasteiger partial charge in [-0.1, -0.05) is 50.8 Å².